The van der Waals surface area contributed by atoms with Gasteiger partial charge in [0.1, 0.15) is 11.4 Å². The molecule has 0 fully saturated rings. The fourth-order valence-electron chi connectivity index (χ4n) is 2.67. The van der Waals surface area contributed by atoms with Crippen molar-refractivity contribution in [3.63, 3.8) is 0 Å². The number of benzene rings is 1. The first-order valence-electron chi connectivity index (χ1n) is 8.72. The van der Waals surface area contributed by atoms with Crippen LogP contribution in [0.25, 0.3) is 0 Å². The predicted molar refractivity (Wildman–Crippen MR) is 103 cm³/mol. The first-order valence-corrected chi connectivity index (χ1v) is 9.10. The Bertz CT molecular complexity index is 918. The van der Waals surface area contributed by atoms with E-state index in [9.17, 15) is 4.79 Å². The minimum atomic E-state index is -0.204. The molecule has 0 radical (unpaired) electrons. The fraction of sp³-hybridized carbons (Fsp3) is 0.316. The van der Waals surface area contributed by atoms with Crippen LogP contribution in [0.1, 0.15) is 28.3 Å². The van der Waals surface area contributed by atoms with Crippen LogP contribution in [0.5, 0.6) is 5.75 Å². The molecule has 0 unspecified atom stereocenters. The van der Waals surface area contributed by atoms with Crippen molar-refractivity contribution in [2.45, 2.75) is 33.5 Å². The van der Waals surface area contributed by atoms with Crippen molar-refractivity contribution in [3.05, 3.63) is 64.7 Å². The van der Waals surface area contributed by atoms with Gasteiger partial charge in [-0.1, -0.05) is 17.7 Å². The highest BCUT2D eigenvalue weighted by Crippen LogP contribution is 2.17. The molecule has 0 atom stereocenters. The van der Waals surface area contributed by atoms with Crippen molar-refractivity contribution in [3.8, 4) is 5.75 Å². The lowest BCUT2D eigenvalue weighted by molar-refractivity contribution is 0.0945. The van der Waals surface area contributed by atoms with Crippen LogP contribution in [-0.4, -0.2) is 32.0 Å². The van der Waals surface area contributed by atoms with Gasteiger partial charge in [0, 0.05) is 30.0 Å². The monoisotopic (exact) mass is 387 g/mol. The number of aryl methyl sites for hydroxylation is 3. The van der Waals surface area contributed by atoms with E-state index in [0.717, 1.165) is 24.4 Å². The summed E-state index contributed by atoms with van der Waals surface area (Å²) in [5.74, 6) is 0.443. The van der Waals surface area contributed by atoms with Crippen LogP contribution in [0.2, 0.25) is 5.02 Å². The van der Waals surface area contributed by atoms with Crippen LogP contribution >= 0.6 is 11.6 Å². The van der Waals surface area contributed by atoms with Gasteiger partial charge in [-0.25, -0.2) is 4.68 Å². The number of aromatic nitrogens is 4. The summed E-state index contributed by atoms with van der Waals surface area (Å²) in [5, 5.41) is 12.1. The molecule has 2 aromatic heterocycles. The predicted octanol–water partition coefficient (Wildman–Crippen LogP) is 3.21. The lowest BCUT2D eigenvalue weighted by Gasteiger charge is -2.07. The fourth-order valence-corrected chi connectivity index (χ4v) is 2.86. The van der Waals surface area contributed by atoms with E-state index in [-0.39, 0.29) is 12.6 Å². The summed E-state index contributed by atoms with van der Waals surface area (Å²) in [6.45, 7) is 5.52. The van der Waals surface area contributed by atoms with Gasteiger partial charge < -0.3 is 10.1 Å². The van der Waals surface area contributed by atoms with Gasteiger partial charge >= 0.3 is 0 Å². The van der Waals surface area contributed by atoms with E-state index in [1.807, 2.05) is 36.7 Å². The number of halogens is 1. The van der Waals surface area contributed by atoms with Gasteiger partial charge in [-0.15, -0.1) is 0 Å². The summed E-state index contributed by atoms with van der Waals surface area (Å²) in [6, 6.07) is 10.8. The molecule has 1 aromatic carbocycles. The van der Waals surface area contributed by atoms with Gasteiger partial charge in [0.2, 0.25) is 0 Å². The van der Waals surface area contributed by atoms with E-state index in [1.54, 1.807) is 29.1 Å². The van der Waals surface area contributed by atoms with Gasteiger partial charge in [0.25, 0.3) is 5.91 Å². The molecule has 3 rings (SSSR count). The van der Waals surface area contributed by atoms with Crippen LogP contribution in [0, 0.1) is 13.8 Å². The summed E-state index contributed by atoms with van der Waals surface area (Å²) in [4.78, 5) is 12.2. The molecule has 0 saturated carbocycles. The molecule has 7 nitrogen and oxygen atoms in total. The second-order valence-electron chi connectivity index (χ2n) is 6.23. The zero-order valence-electron chi connectivity index (χ0n) is 15.4. The van der Waals surface area contributed by atoms with Crippen molar-refractivity contribution < 1.29 is 9.53 Å². The number of rotatable bonds is 8. The number of nitrogens with one attached hydrogen (secondary N) is 1. The molecule has 8 heteroatoms. The number of nitrogens with zero attached hydrogens (tertiary/aromatic N) is 4. The van der Waals surface area contributed by atoms with Crippen LogP contribution in [0.15, 0.2) is 42.6 Å². The Hall–Kier alpha value is -2.80. The van der Waals surface area contributed by atoms with Crippen molar-refractivity contribution >= 4 is 17.5 Å². The van der Waals surface area contributed by atoms with E-state index in [0.29, 0.717) is 23.0 Å². The molecule has 3 aromatic rings. The van der Waals surface area contributed by atoms with Crippen molar-refractivity contribution in [1.82, 2.24) is 24.9 Å². The maximum atomic E-state index is 12.2. The number of amides is 1. The summed E-state index contributed by atoms with van der Waals surface area (Å²) in [6.07, 6.45) is 2.50. The Balaban J connectivity index is 1.43. The molecule has 1 amide bonds. The largest absolute Gasteiger partial charge is 0.471 e. The molecule has 142 valence electrons. The average Bonchev–Trinajstić information content (AvgIpc) is 3.23. The summed E-state index contributed by atoms with van der Waals surface area (Å²) >= 11 is 5.92. The van der Waals surface area contributed by atoms with E-state index < -0.39 is 0 Å². The van der Waals surface area contributed by atoms with E-state index >= 15 is 0 Å². The molecule has 0 spiro atoms. The molecule has 27 heavy (non-hydrogen) atoms. The maximum Gasteiger partial charge on any atom is 0.271 e. The highest BCUT2D eigenvalue weighted by atomic mass is 35.5. The SMILES string of the molecule is Cc1cc(C)n(CCCNC(=O)c2ccn(COc3cccc(Cl)c3)n2)n1. The maximum absolute atomic E-state index is 12.2. The molecule has 2 heterocycles. The Kier molecular flexibility index (Phi) is 6.13. The second-order valence-corrected chi connectivity index (χ2v) is 6.67. The van der Waals surface area contributed by atoms with Crippen molar-refractivity contribution in [2.75, 3.05) is 6.54 Å². The lowest BCUT2D eigenvalue weighted by atomic mass is 10.3. The summed E-state index contributed by atoms with van der Waals surface area (Å²) < 4.78 is 9.11. The van der Waals surface area contributed by atoms with Gasteiger partial charge in [-0.05, 0) is 50.6 Å². The number of hydrogen-bond donors (Lipinski definition) is 1. The standard InChI is InChI=1S/C19H22ClN5O2/c1-14-11-15(2)25(22-14)9-4-8-21-19(26)18-7-10-24(23-18)13-27-17-6-3-5-16(20)12-17/h3,5-7,10-12H,4,8-9,13H2,1-2H3,(H,21,26). The third-order valence-electron chi connectivity index (χ3n) is 3.97. The molecular formula is C19H22ClN5O2. The van der Waals surface area contributed by atoms with Gasteiger partial charge in [0.15, 0.2) is 6.73 Å². The first kappa shape index (κ1) is 19.0. The number of hydrogen-bond acceptors (Lipinski definition) is 4. The lowest BCUT2D eigenvalue weighted by Crippen LogP contribution is -2.26. The molecule has 0 bridgehead atoms. The quantitative estimate of drug-likeness (QED) is 0.602. The minimum Gasteiger partial charge on any atom is -0.471 e. The van der Waals surface area contributed by atoms with E-state index in [4.69, 9.17) is 16.3 Å². The highest BCUT2D eigenvalue weighted by molar-refractivity contribution is 6.30. The molecule has 0 aliphatic carbocycles. The molecule has 0 aliphatic heterocycles. The number of ether oxygens (including phenoxy) is 1. The zero-order chi connectivity index (χ0) is 19.2. The van der Waals surface area contributed by atoms with Gasteiger partial charge in [0.05, 0.1) is 5.69 Å². The van der Waals surface area contributed by atoms with Crippen LogP contribution in [0.4, 0.5) is 0 Å². The Morgan fingerprint density at radius 3 is 2.81 bits per heavy atom. The van der Waals surface area contributed by atoms with Crippen molar-refractivity contribution in [2.24, 2.45) is 0 Å². The summed E-state index contributed by atoms with van der Waals surface area (Å²) in [7, 11) is 0. The third-order valence-corrected chi connectivity index (χ3v) is 4.20. The van der Waals surface area contributed by atoms with Crippen LogP contribution in [-0.2, 0) is 13.3 Å². The third kappa shape index (κ3) is 5.34. The highest BCUT2D eigenvalue weighted by Gasteiger charge is 2.09. The Morgan fingerprint density at radius 1 is 1.22 bits per heavy atom. The molecule has 1 N–H and O–H groups in total. The van der Waals surface area contributed by atoms with Crippen molar-refractivity contribution in [1.29, 1.82) is 0 Å². The van der Waals surface area contributed by atoms with E-state index in [1.165, 1.54) is 0 Å². The number of carbonyl (C=O) groups excluding carboxylic acids is 1. The van der Waals surface area contributed by atoms with Crippen LogP contribution < -0.4 is 10.1 Å². The normalized spacial score (nSPS) is 10.8. The molecular weight excluding hydrogens is 366 g/mol. The van der Waals surface area contributed by atoms with Crippen LogP contribution in [0.3, 0.4) is 0 Å². The smallest absolute Gasteiger partial charge is 0.271 e. The average molecular weight is 388 g/mol. The molecule has 0 aliphatic rings. The Labute approximate surface area is 162 Å². The topological polar surface area (TPSA) is 74.0 Å². The van der Waals surface area contributed by atoms with Gasteiger partial charge in [-0.2, -0.15) is 10.2 Å². The van der Waals surface area contributed by atoms with Gasteiger partial charge in [-0.3, -0.25) is 9.48 Å². The van der Waals surface area contributed by atoms with E-state index in [2.05, 4.69) is 15.5 Å². The second kappa shape index (κ2) is 8.73. The summed E-state index contributed by atoms with van der Waals surface area (Å²) in [5.41, 5.74) is 2.48. The minimum absolute atomic E-state index is 0.200. The zero-order valence-corrected chi connectivity index (χ0v) is 16.1. The Morgan fingerprint density at radius 2 is 2.07 bits per heavy atom. The first-order chi connectivity index (χ1) is 13.0. The number of carbonyl (C=O) groups is 1. The molecule has 0 saturated heterocycles.